The molecule has 1 unspecified atom stereocenters. The van der Waals surface area contributed by atoms with Gasteiger partial charge in [-0.15, -0.1) is 0 Å². The number of carbonyl (C=O) groups is 1. The standard InChI is InChI=1S/C12H23NO/c1-9(2)5-6-11-7-8-13(10(3)4)12(11)14/h9-11H,5-8H2,1-4H3. The van der Waals surface area contributed by atoms with Crippen molar-refractivity contribution >= 4 is 5.91 Å². The van der Waals surface area contributed by atoms with E-state index in [2.05, 4.69) is 27.7 Å². The largest absolute Gasteiger partial charge is 0.340 e. The van der Waals surface area contributed by atoms with E-state index in [0.717, 1.165) is 25.3 Å². The highest BCUT2D eigenvalue weighted by Crippen LogP contribution is 2.25. The summed E-state index contributed by atoms with van der Waals surface area (Å²) in [4.78, 5) is 13.9. The lowest BCUT2D eigenvalue weighted by Gasteiger charge is -2.21. The average molecular weight is 197 g/mol. The van der Waals surface area contributed by atoms with Crippen LogP contribution in [0, 0.1) is 11.8 Å². The molecule has 0 spiro atoms. The summed E-state index contributed by atoms with van der Waals surface area (Å²) >= 11 is 0. The minimum atomic E-state index is 0.319. The van der Waals surface area contributed by atoms with Crippen molar-refractivity contribution in [2.75, 3.05) is 6.54 Å². The number of carbonyl (C=O) groups excluding carboxylic acids is 1. The SMILES string of the molecule is CC(C)CCC1CCN(C(C)C)C1=O. The van der Waals surface area contributed by atoms with Gasteiger partial charge in [0, 0.05) is 18.5 Å². The van der Waals surface area contributed by atoms with Gasteiger partial charge in [0.15, 0.2) is 0 Å². The molecule has 0 aromatic heterocycles. The van der Waals surface area contributed by atoms with Gasteiger partial charge in [0.05, 0.1) is 0 Å². The van der Waals surface area contributed by atoms with Crippen LogP contribution in [-0.4, -0.2) is 23.4 Å². The summed E-state index contributed by atoms with van der Waals surface area (Å²) in [6.07, 6.45) is 3.34. The third-order valence-corrected chi connectivity index (χ3v) is 3.07. The average Bonchev–Trinajstić information content (AvgIpc) is 2.43. The van der Waals surface area contributed by atoms with E-state index in [9.17, 15) is 4.79 Å². The molecule has 14 heavy (non-hydrogen) atoms. The van der Waals surface area contributed by atoms with Gasteiger partial charge in [-0.25, -0.2) is 0 Å². The molecule has 1 fully saturated rings. The molecule has 2 heteroatoms. The van der Waals surface area contributed by atoms with Crippen molar-refractivity contribution in [1.82, 2.24) is 4.90 Å². The van der Waals surface area contributed by atoms with Crippen molar-refractivity contribution in [3.63, 3.8) is 0 Å². The quantitative estimate of drug-likeness (QED) is 0.678. The molecule has 0 radical (unpaired) electrons. The van der Waals surface area contributed by atoms with Gasteiger partial charge >= 0.3 is 0 Å². The Morgan fingerprint density at radius 2 is 2.00 bits per heavy atom. The maximum atomic E-state index is 11.9. The van der Waals surface area contributed by atoms with Crippen LogP contribution in [0.4, 0.5) is 0 Å². The molecule has 0 aliphatic carbocycles. The van der Waals surface area contributed by atoms with Crippen LogP contribution in [0.25, 0.3) is 0 Å². The van der Waals surface area contributed by atoms with Crippen molar-refractivity contribution in [2.45, 2.75) is 53.0 Å². The molecule has 0 saturated carbocycles. The lowest BCUT2D eigenvalue weighted by molar-refractivity contribution is -0.132. The molecule has 1 heterocycles. The fourth-order valence-corrected chi connectivity index (χ4v) is 2.08. The van der Waals surface area contributed by atoms with E-state index in [4.69, 9.17) is 0 Å². The first-order valence-electron chi connectivity index (χ1n) is 5.82. The predicted octanol–water partition coefficient (Wildman–Crippen LogP) is 2.68. The molecular weight excluding hydrogens is 174 g/mol. The molecule has 82 valence electrons. The van der Waals surface area contributed by atoms with Crippen LogP contribution < -0.4 is 0 Å². The van der Waals surface area contributed by atoms with Crippen molar-refractivity contribution in [3.05, 3.63) is 0 Å². The Morgan fingerprint density at radius 3 is 2.43 bits per heavy atom. The zero-order valence-corrected chi connectivity index (χ0v) is 9.92. The second-order valence-electron chi connectivity index (χ2n) is 5.08. The van der Waals surface area contributed by atoms with Crippen LogP contribution in [0.5, 0.6) is 0 Å². The van der Waals surface area contributed by atoms with E-state index < -0.39 is 0 Å². The Labute approximate surface area is 87.7 Å². The Hall–Kier alpha value is -0.530. The first kappa shape index (κ1) is 11.5. The summed E-state index contributed by atoms with van der Waals surface area (Å²) < 4.78 is 0. The molecule has 0 aromatic carbocycles. The van der Waals surface area contributed by atoms with Crippen LogP contribution >= 0.6 is 0 Å². The van der Waals surface area contributed by atoms with E-state index >= 15 is 0 Å². The van der Waals surface area contributed by atoms with Gasteiger partial charge < -0.3 is 4.90 Å². The molecule has 0 N–H and O–H groups in total. The minimum Gasteiger partial charge on any atom is -0.340 e. The highest BCUT2D eigenvalue weighted by Gasteiger charge is 2.32. The highest BCUT2D eigenvalue weighted by molar-refractivity contribution is 5.81. The summed E-state index contributed by atoms with van der Waals surface area (Å²) in [5, 5.41) is 0. The number of nitrogens with zero attached hydrogens (tertiary/aromatic N) is 1. The normalized spacial score (nSPS) is 22.9. The highest BCUT2D eigenvalue weighted by atomic mass is 16.2. The van der Waals surface area contributed by atoms with Gasteiger partial charge in [-0.1, -0.05) is 20.3 Å². The fourth-order valence-electron chi connectivity index (χ4n) is 2.08. The van der Waals surface area contributed by atoms with Crippen molar-refractivity contribution in [2.24, 2.45) is 11.8 Å². The van der Waals surface area contributed by atoms with E-state index in [-0.39, 0.29) is 0 Å². The van der Waals surface area contributed by atoms with Crippen molar-refractivity contribution in [1.29, 1.82) is 0 Å². The molecule has 1 aliphatic heterocycles. The fraction of sp³-hybridized carbons (Fsp3) is 0.917. The number of hydrogen-bond donors (Lipinski definition) is 0. The van der Waals surface area contributed by atoms with E-state index in [1.807, 2.05) is 4.90 Å². The van der Waals surface area contributed by atoms with Gasteiger partial charge in [0.2, 0.25) is 5.91 Å². The molecule has 0 bridgehead atoms. The first-order chi connectivity index (χ1) is 6.52. The Morgan fingerprint density at radius 1 is 1.36 bits per heavy atom. The summed E-state index contributed by atoms with van der Waals surface area (Å²) in [5.41, 5.74) is 0. The molecule has 1 atom stereocenters. The maximum Gasteiger partial charge on any atom is 0.225 e. The van der Waals surface area contributed by atoms with Gasteiger partial charge in [-0.05, 0) is 32.6 Å². The molecule has 2 nitrogen and oxygen atoms in total. The number of hydrogen-bond acceptors (Lipinski definition) is 1. The van der Waals surface area contributed by atoms with E-state index in [0.29, 0.717) is 17.9 Å². The summed E-state index contributed by atoms with van der Waals surface area (Å²) in [6, 6.07) is 0.381. The Kier molecular flexibility index (Phi) is 3.97. The van der Waals surface area contributed by atoms with Crippen molar-refractivity contribution in [3.8, 4) is 0 Å². The van der Waals surface area contributed by atoms with Crippen LogP contribution in [0.2, 0.25) is 0 Å². The van der Waals surface area contributed by atoms with Gasteiger partial charge in [0.1, 0.15) is 0 Å². The summed E-state index contributed by atoms with van der Waals surface area (Å²) in [5.74, 6) is 1.43. The van der Waals surface area contributed by atoms with Gasteiger partial charge in [-0.3, -0.25) is 4.79 Å². The lowest BCUT2D eigenvalue weighted by Crippen LogP contribution is -2.33. The maximum absolute atomic E-state index is 11.9. The lowest BCUT2D eigenvalue weighted by atomic mass is 9.97. The van der Waals surface area contributed by atoms with Gasteiger partial charge in [-0.2, -0.15) is 0 Å². The predicted molar refractivity (Wildman–Crippen MR) is 59.0 cm³/mol. The first-order valence-corrected chi connectivity index (χ1v) is 5.82. The van der Waals surface area contributed by atoms with Gasteiger partial charge in [0.25, 0.3) is 0 Å². The zero-order valence-electron chi connectivity index (χ0n) is 9.92. The number of likely N-dealkylation sites (tertiary alicyclic amines) is 1. The van der Waals surface area contributed by atoms with Crippen LogP contribution in [0.1, 0.15) is 47.0 Å². The third-order valence-electron chi connectivity index (χ3n) is 3.07. The molecule has 0 aromatic rings. The zero-order chi connectivity index (χ0) is 10.7. The smallest absolute Gasteiger partial charge is 0.225 e. The van der Waals surface area contributed by atoms with Crippen LogP contribution in [0.3, 0.4) is 0 Å². The van der Waals surface area contributed by atoms with Crippen molar-refractivity contribution < 1.29 is 4.79 Å². The Bertz CT molecular complexity index is 198. The topological polar surface area (TPSA) is 20.3 Å². The molecule has 1 amide bonds. The van der Waals surface area contributed by atoms with Crippen LogP contribution in [-0.2, 0) is 4.79 Å². The minimum absolute atomic E-state index is 0.319. The number of rotatable bonds is 4. The summed E-state index contributed by atoms with van der Waals surface area (Å²) in [7, 11) is 0. The monoisotopic (exact) mass is 197 g/mol. The Balaban J connectivity index is 2.40. The van der Waals surface area contributed by atoms with E-state index in [1.165, 1.54) is 6.42 Å². The number of amides is 1. The summed E-state index contributed by atoms with van der Waals surface area (Å²) in [6.45, 7) is 9.62. The molecule has 1 aliphatic rings. The van der Waals surface area contributed by atoms with Crippen LogP contribution in [0.15, 0.2) is 0 Å². The second kappa shape index (κ2) is 4.81. The second-order valence-corrected chi connectivity index (χ2v) is 5.08. The molecular formula is C12H23NO. The van der Waals surface area contributed by atoms with E-state index in [1.54, 1.807) is 0 Å². The molecule has 1 rings (SSSR count). The third kappa shape index (κ3) is 2.73. The molecule has 1 saturated heterocycles.